The third kappa shape index (κ3) is 5.75. The summed E-state index contributed by atoms with van der Waals surface area (Å²) in [4.78, 5) is 2.08. The quantitative estimate of drug-likeness (QED) is 0.604. The van der Waals surface area contributed by atoms with Crippen LogP contribution in [-0.4, -0.2) is 98.8 Å². The number of fused-ring (bicyclic) bond motifs is 1. The van der Waals surface area contributed by atoms with Crippen LogP contribution in [0, 0.1) is 0 Å². The molecule has 8 nitrogen and oxygen atoms in total. The van der Waals surface area contributed by atoms with E-state index in [4.69, 9.17) is 9.47 Å². The molecule has 0 amide bonds. The van der Waals surface area contributed by atoms with E-state index in [0.29, 0.717) is 59.0 Å². The molecule has 2 aromatic carbocycles. The van der Waals surface area contributed by atoms with E-state index in [9.17, 15) is 13.5 Å². The highest BCUT2D eigenvalue weighted by molar-refractivity contribution is 9.10. The van der Waals surface area contributed by atoms with Crippen molar-refractivity contribution in [3.63, 3.8) is 0 Å². The molecule has 0 bridgehead atoms. The number of benzene rings is 2. The van der Waals surface area contributed by atoms with E-state index < -0.39 is 16.3 Å². The fourth-order valence-corrected chi connectivity index (χ4v) is 5.85. The van der Waals surface area contributed by atoms with Crippen molar-refractivity contribution in [3.05, 3.63) is 40.9 Å². The summed E-state index contributed by atoms with van der Waals surface area (Å²) < 4.78 is 40.6. The fourth-order valence-electron chi connectivity index (χ4n) is 3.91. The maximum Gasteiger partial charge on any atom is 0.282 e. The second kappa shape index (κ2) is 10.1. The molecule has 2 saturated heterocycles. The lowest BCUT2D eigenvalue weighted by Gasteiger charge is -2.38. The molecule has 10 heteroatoms. The molecule has 0 aliphatic carbocycles. The highest BCUT2D eigenvalue weighted by Crippen LogP contribution is 2.24. The van der Waals surface area contributed by atoms with Crippen molar-refractivity contribution in [3.8, 4) is 5.75 Å². The number of nitrogens with zero attached hydrogens (tertiary/aromatic N) is 3. The summed E-state index contributed by atoms with van der Waals surface area (Å²) in [6.07, 6.45) is -0.650. The van der Waals surface area contributed by atoms with Gasteiger partial charge in [0.05, 0.1) is 13.2 Å². The van der Waals surface area contributed by atoms with Crippen LogP contribution in [0.2, 0.25) is 0 Å². The van der Waals surface area contributed by atoms with Gasteiger partial charge < -0.3 is 14.6 Å². The second-order valence-corrected chi connectivity index (χ2v) is 10.7. The second-order valence-electron chi connectivity index (χ2n) is 7.84. The fraction of sp³-hybridized carbons (Fsp3) is 0.524. The summed E-state index contributed by atoms with van der Waals surface area (Å²) in [6.45, 7) is 4.37. The number of β-amino-alcohol motifs (C(OH)–C–C–N with tert-alkyl or cyclic N) is 1. The number of rotatable bonds is 7. The first-order chi connectivity index (χ1) is 14.9. The highest BCUT2D eigenvalue weighted by atomic mass is 79.9. The van der Waals surface area contributed by atoms with Crippen molar-refractivity contribution in [2.24, 2.45) is 0 Å². The first kappa shape index (κ1) is 22.9. The largest absolute Gasteiger partial charge is 0.491 e. The maximum atomic E-state index is 12.7. The predicted molar refractivity (Wildman–Crippen MR) is 122 cm³/mol. The van der Waals surface area contributed by atoms with Crippen LogP contribution in [0.25, 0.3) is 10.8 Å². The number of ether oxygens (including phenoxy) is 2. The first-order valence-corrected chi connectivity index (χ1v) is 12.7. The van der Waals surface area contributed by atoms with Gasteiger partial charge in [0, 0.05) is 50.3 Å². The van der Waals surface area contributed by atoms with Crippen molar-refractivity contribution in [1.82, 2.24) is 13.5 Å². The van der Waals surface area contributed by atoms with Crippen molar-refractivity contribution in [2.45, 2.75) is 6.10 Å². The standard InChI is InChI=1S/C21H28BrN3O5S/c22-19-3-1-18-14-21(4-2-17(18)13-19)30-16-20(26)15-23-5-7-24(8-6-23)31(27,28)25-9-11-29-12-10-25/h1-4,13-14,20,26H,5-12,15-16H2/t20-/m0/s1. The lowest BCUT2D eigenvalue weighted by Crippen LogP contribution is -2.55. The summed E-state index contributed by atoms with van der Waals surface area (Å²) >= 11 is 3.47. The van der Waals surface area contributed by atoms with Gasteiger partial charge in [-0.2, -0.15) is 17.0 Å². The van der Waals surface area contributed by atoms with Gasteiger partial charge in [-0.3, -0.25) is 4.90 Å². The molecule has 0 unspecified atom stereocenters. The van der Waals surface area contributed by atoms with Crippen molar-refractivity contribution in [1.29, 1.82) is 0 Å². The summed E-state index contributed by atoms with van der Waals surface area (Å²) in [5, 5.41) is 12.6. The summed E-state index contributed by atoms with van der Waals surface area (Å²) in [7, 11) is -3.43. The third-order valence-corrected chi connectivity index (χ3v) is 8.17. The number of aliphatic hydroxyl groups is 1. The molecule has 2 aliphatic rings. The molecule has 2 aromatic rings. The van der Waals surface area contributed by atoms with E-state index in [1.165, 1.54) is 8.61 Å². The minimum Gasteiger partial charge on any atom is -0.491 e. The number of piperazine rings is 1. The van der Waals surface area contributed by atoms with Gasteiger partial charge >= 0.3 is 0 Å². The minimum absolute atomic E-state index is 0.189. The van der Waals surface area contributed by atoms with Crippen LogP contribution in [0.15, 0.2) is 40.9 Å². The van der Waals surface area contributed by atoms with Gasteiger partial charge in [0.2, 0.25) is 0 Å². The lowest BCUT2D eigenvalue weighted by molar-refractivity contribution is 0.0526. The van der Waals surface area contributed by atoms with Gasteiger partial charge in [-0.15, -0.1) is 0 Å². The van der Waals surface area contributed by atoms with Crippen molar-refractivity contribution >= 4 is 36.9 Å². The van der Waals surface area contributed by atoms with Crippen LogP contribution in [0.3, 0.4) is 0 Å². The van der Waals surface area contributed by atoms with Crippen molar-refractivity contribution < 1.29 is 23.0 Å². The molecule has 2 aliphatic heterocycles. The molecule has 1 atom stereocenters. The molecule has 170 valence electrons. The molecule has 4 rings (SSSR count). The lowest BCUT2D eigenvalue weighted by atomic mass is 10.1. The Morgan fingerprint density at radius 3 is 2.35 bits per heavy atom. The molecule has 0 radical (unpaired) electrons. The minimum atomic E-state index is -3.43. The Morgan fingerprint density at radius 1 is 0.968 bits per heavy atom. The van der Waals surface area contributed by atoms with Crippen LogP contribution < -0.4 is 4.74 Å². The van der Waals surface area contributed by atoms with E-state index in [1.54, 1.807) is 0 Å². The molecular weight excluding hydrogens is 486 g/mol. The third-order valence-electron chi connectivity index (χ3n) is 5.64. The zero-order valence-electron chi connectivity index (χ0n) is 17.3. The monoisotopic (exact) mass is 513 g/mol. The SMILES string of the molecule is O=S(=O)(N1CCOCC1)N1CCN(C[C@H](O)COc2ccc3cc(Br)ccc3c2)CC1. The van der Waals surface area contributed by atoms with E-state index in [-0.39, 0.29) is 6.61 Å². The Bertz CT molecular complexity index is 992. The van der Waals surface area contributed by atoms with Crippen LogP contribution in [0.1, 0.15) is 0 Å². The van der Waals surface area contributed by atoms with E-state index >= 15 is 0 Å². The molecule has 0 aromatic heterocycles. The molecule has 0 spiro atoms. The number of halogens is 1. The van der Waals surface area contributed by atoms with Crippen LogP contribution in [0.5, 0.6) is 5.75 Å². The Balaban J connectivity index is 1.24. The number of aliphatic hydroxyl groups excluding tert-OH is 1. The topological polar surface area (TPSA) is 82.6 Å². The van der Waals surface area contributed by atoms with E-state index in [1.807, 2.05) is 36.4 Å². The van der Waals surface area contributed by atoms with E-state index in [2.05, 4.69) is 20.8 Å². The zero-order chi connectivity index (χ0) is 21.8. The summed E-state index contributed by atoms with van der Waals surface area (Å²) in [5.41, 5.74) is 0. The number of morpholine rings is 1. The van der Waals surface area contributed by atoms with Crippen LogP contribution >= 0.6 is 15.9 Å². The molecule has 1 N–H and O–H groups in total. The maximum absolute atomic E-state index is 12.7. The van der Waals surface area contributed by atoms with Gasteiger partial charge in [0.1, 0.15) is 18.5 Å². The summed E-state index contributed by atoms with van der Waals surface area (Å²) in [6, 6.07) is 11.9. The Labute approximate surface area is 191 Å². The molecular formula is C21H28BrN3O5S. The zero-order valence-corrected chi connectivity index (χ0v) is 19.7. The normalized spacial score (nSPS) is 20.7. The van der Waals surface area contributed by atoms with Gasteiger partial charge in [-0.25, -0.2) is 0 Å². The van der Waals surface area contributed by atoms with Gasteiger partial charge in [-0.1, -0.05) is 28.1 Å². The first-order valence-electron chi connectivity index (χ1n) is 10.5. The van der Waals surface area contributed by atoms with Gasteiger partial charge in [0.15, 0.2) is 0 Å². The predicted octanol–water partition coefficient (Wildman–Crippen LogP) is 1.54. The molecule has 2 heterocycles. The Hall–Kier alpha value is -1.27. The van der Waals surface area contributed by atoms with Gasteiger partial charge in [-0.05, 0) is 35.0 Å². The number of hydrogen-bond acceptors (Lipinski definition) is 6. The van der Waals surface area contributed by atoms with E-state index in [0.717, 1.165) is 21.0 Å². The average molecular weight is 514 g/mol. The summed E-state index contributed by atoms with van der Waals surface area (Å²) in [5.74, 6) is 0.718. The molecule has 2 fully saturated rings. The average Bonchev–Trinajstić information content (AvgIpc) is 2.78. The highest BCUT2D eigenvalue weighted by Gasteiger charge is 2.33. The molecule has 0 saturated carbocycles. The van der Waals surface area contributed by atoms with Crippen LogP contribution in [-0.2, 0) is 14.9 Å². The Morgan fingerprint density at radius 2 is 1.61 bits per heavy atom. The van der Waals surface area contributed by atoms with Crippen molar-refractivity contribution in [2.75, 3.05) is 65.6 Å². The Kier molecular flexibility index (Phi) is 7.48. The van der Waals surface area contributed by atoms with Gasteiger partial charge in [0.25, 0.3) is 10.2 Å². The smallest absolute Gasteiger partial charge is 0.282 e. The number of hydrogen-bond donors (Lipinski definition) is 1. The molecule has 31 heavy (non-hydrogen) atoms. The van der Waals surface area contributed by atoms with Crippen LogP contribution in [0.4, 0.5) is 0 Å².